The first-order valence-corrected chi connectivity index (χ1v) is 5.45. The predicted octanol–water partition coefficient (Wildman–Crippen LogP) is 1.84. The summed E-state index contributed by atoms with van der Waals surface area (Å²) >= 11 is 0. The number of nitrogens with two attached hydrogens (primary N) is 1. The van der Waals surface area contributed by atoms with Crippen molar-refractivity contribution in [1.29, 1.82) is 0 Å². The average molecular weight is 266 g/mol. The molecule has 1 amide bonds. The van der Waals surface area contributed by atoms with Crippen molar-refractivity contribution in [2.24, 2.45) is 7.05 Å². The Kier molecular flexibility index (Phi) is 3.20. The van der Waals surface area contributed by atoms with Gasteiger partial charge in [-0.05, 0) is 19.1 Å². The van der Waals surface area contributed by atoms with E-state index in [9.17, 15) is 13.6 Å². The molecule has 0 fully saturated rings. The van der Waals surface area contributed by atoms with Crippen molar-refractivity contribution in [3.63, 3.8) is 0 Å². The predicted molar refractivity (Wildman–Crippen MR) is 66.7 cm³/mol. The molecule has 1 heterocycles. The van der Waals surface area contributed by atoms with E-state index in [2.05, 4.69) is 10.4 Å². The van der Waals surface area contributed by atoms with E-state index in [1.807, 2.05) is 0 Å². The lowest BCUT2D eigenvalue weighted by molar-refractivity contribution is 0.101. The minimum atomic E-state index is -1.07. The number of amides is 1. The number of carbonyl (C=O) groups excluding carboxylic acids is 1. The van der Waals surface area contributed by atoms with Crippen LogP contribution >= 0.6 is 0 Å². The highest BCUT2D eigenvalue weighted by molar-refractivity contribution is 6.04. The zero-order valence-corrected chi connectivity index (χ0v) is 10.4. The number of aromatic nitrogens is 2. The van der Waals surface area contributed by atoms with Crippen LogP contribution in [-0.2, 0) is 7.05 Å². The van der Waals surface area contributed by atoms with Crippen LogP contribution in [0.1, 0.15) is 16.1 Å². The molecule has 1 aromatic heterocycles. The number of halogens is 2. The number of rotatable bonds is 2. The van der Waals surface area contributed by atoms with Gasteiger partial charge < -0.3 is 11.1 Å². The third-order valence-corrected chi connectivity index (χ3v) is 2.59. The number of carbonyl (C=O) groups is 1. The molecular weight excluding hydrogens is 254 g/mol. The Balaban J connectivity index is 2.36. The first-order chi connectivity index (χ1) is 8.90. The van der Waals surface area contributed by atoms with Crippen LogP contribution < -0.4 is 11.1 Å². The number of hydrogen-bond acceptors (Lipinski definition) is 3. The number of anilines is 2. The lowest BCUT2D eigenvalue weighted by atomic mass is 10.1. The monoisotopic (exact) mass is 266 g/mol. The lowest BCUT2D eigenvalue weighted by Gasteiger charge is -2.08. The summed E-state index contributed by atoms with van der Waals surface area (Å²) in [4.78, 5) is 11.9. The molecule has 19 heavy (non-hydrogen) atoms. The number of nitrogen functional groups attached to an aromatic ring is 1. The first-order valence-electron chi connectivity index (χ1n) is 5.45. The van der Waals surface area contributed by atoms with Crippen LogP contribution in [0.5, 0.6) is 0 Å². The molecule has 100 valence electrons. The molecule has 0 saturated heterocycles. The van der Waals surface area contributed by atoms with Gasteiger partial charge in [0.05, 0.1) is 11.4 Å². The van der Waals surface area contributed by atoms with Gasteiger partial charge in [0.1, 0.15) is 17.2 Å². The third kappa shape index (κ3) is 2.40. The van der Waals surface area contributed by atoms with Gasteiger partial charge in [0.2, 0.25) is 0 Å². The Labute approximate surface area is 108 Å². The summed E-state index contributed by atoms with van der Waals surface area (Å²) in [7, 11) is 1.61. The van der Waals surface area contributed by atoms with Crippen molar-refractivity contribution in [3.05, 3.63) is 41.1 Å². The normalized spacial score (nSPS) is 10.5. The Morgan fingerprint density at radius 2 is 2.11 bits per heavy atom. The molecule has 3 N–H and O–H groups in total. The molecule has 0 spiro atoms. The zero-order chi connectivity index (χ0) is 14.2. The molecule has 5 nitrogen and oxygen atoms in total. The summed E-state index contributed by atoms with van der Waals surface area (Å²) in [6, 6.07) is 3.59. The zero-order valence-electron chi connectivity index (χ0n) is 10.4. The summed E-state index contributed by atoms with van der Waals surface area (Å²) in [5.41, 5.74) is 4.99. The molecule has 0 aliphatic carbocycles. The van der Waals surface area contributed by atoms with Gasteiger partial charge in [-0.15, -0.1) is 0 Å². The Hall–Kier alpha value is -2.44. The second kappa shape index (κ2) is 4.68. The molecule has 0 radical (unpaired) electrons. The minimum Gasteiger partial charge on any atom is -0.396 e. The highest BCUT2D eigenvalue weighted by Crippen LogP contribution is 2.20. The highest BCUT2D eigenvalue weighted by Gasteiger charge is 2.20. The maximum Gasteiger partial charge on any atom is 0.262 e. The SMILES string of the molecule is Cc1cc(NC(=O)c2c(F)ccc(N)c2F)n(C)n1. The van der Waals surface area contributed by atoms with Crippen LogP contribution in [0.25, 0.3) is 0 Å². The fourth-order valence-electron chi connectivity index (χ4n) is 1.68. The Bertz CT molecular complexity index is 651. The van der Waals surface area contributed by atoms with Crippen LogP contribution in [0, 0.1) is 18.6 Å². The summed E-state index contributed by atoms with van der Waals surface area (Å²) in [6.07, 6.45) is 0. The fourth-order valence-corrected chi connectivity index (χ4v) is 1.68. The number of aryl methyl sites for hydroxylation is 2. The quantitative estimate of drug-likeness (QED) is 0.815. The highest BCUT2D eigenvalue weighted by atomic mass is 19.1. The number of hydrogen-bond donors (Lipinski definition) is 2. The summed E-state index contributed by atoms with van der Waals surface area (Å²) in [5.74, 6) is -2.62. The Morgan fingerprint density at radius 3 is 2.68 bits per heavy atom. The second-order valence-corrected chi connectivity index (χ2v) is 4.07. The minimum absolute atomic E-state index is 0.285. The summed E-state index contributed by atoms with van der Waals surface area (Å²) in [5, 5.41) is 6.39. The van der Waals surface area contributed by atoms with Gasteiger partial charge in [0.15, 0.2) is 5.82 Å². The second-order valence-electron chi connectivity index (χ2n) is 4.07. The number of benzene rings is 1. The smallest absolute Gasteiger partial charge is 0.262 e. The molecule has 0 atom stereocenters. The van der Waals surface area contributed by atoms with E-state index in [4.69, 9.17) is 5.73 Å². The molecule has 2 rings (SSSR count). The van der Waals surface area contributed by atoms with Crippen molar-refractivity contribution in [2.45, 2.75) is 6.92 Å². The Morgan fingerprint density at radius 1 is 1.42 bits per heavy atom. The van der Waals surface area contributed by atoms with Gasteiger partial charge in [0, 0.05) is 13.1 Å². The lowest BCUT2D eigenvalue weighted by Crippen LogP contribution is -2.18. The molecule has 0 aliphatic rings. The number of nitrogens with zero attached hydrogens (tertiary/aromatic N) is 2. The van der Waals surface area contributed by atoms with Gasteiger partial charge in [-0.25, -0.2) is 8.78 Å². The summed E-state index contributed by atoms with van der Waals surface area (Å²) in [6.45, 7) is 1.73. The van der Waals surface area contributed by atoms with Crippen molar-refractivity contribution >= 4 is 17.4 Å². The van der Waals surface area contributed by atoms with Crippen molar-refractivity contribution in [2.75, 3.05) is 11.1 Å². The van der Waals surface area contributed by atoms with E-state index in [-0.39, 0.29) is 5.69 Å². The maximum absolute atomic E-state index is 13.7. The van der Waals surface area contributed by atoms with Crippen LogP contribution in [0.3, 0.4) is 0 Å². The van der Waals surface area contributed by atoms with Crippen LogP contribution in [0.15, 0.2) is 18.2 Å². The van der Waals surface area contributed by atoms with E-state index in [0.29, 0.717) is 11.5 Å². The average Bonchev–Trinajstić information content (AvgIpc) is 2.63. The standard InChI is InChI=1S/C12H12F2N4O/c1-6-5-9(18(2)17-6)16-12(19)10-7(13)3-4-8(15)11(10)14/h3-5H,15H2,1-2H3,(H,16,19). The van der Waals surface area contributed by atoms with Gasteiger partial charge in [-0.3, -0.25) is 9.48 Å². The van der Waals surface area contributed by atoms with Gasteiger partial charge in [-0.2, -0.15) is 5.10 Å². The number of nitrogens with one attached hydrogen (secondary N) is 1. The van der Waals surface area contributed by atoms with Crippen molar-refractivity contribution < 1.29 is 13.6 Å². The van der Waals surface area contributed by atoms with E-state index >= 15 is 0 Å². The molecule has 0 aliphatic heterocycles. The van der Waals surface area contributed by atoms with Crippen LogP contribution in [0.2, 0.25) is 0 Å². The molecule has 0 unspecified atom stereocenters. The van der Waals surface area contributed by atoms with E-state index < -0.39 is 23.1 Å². The fraction of sp³-hybridized carbons (Fsp3) is 0.167. The van der Waals surface area contributed by atoms with Crippen molar-refractivity contribution in [3.8, 4) is 0 Å². The molecule has 7 heteroatoms. The van der Waals surface area contributed by atoms with Gasteiger partial charge >= 0.3 is 0 Å². The topological polar surface area (TPSA) is 72.9 Å². The van der Waals surface area contributed by atoms with Gasteiger partial charge in [-0.1, -0.05) is 0 Å². The maximum atomic E-state index is 13.7. The van der Waals surface area contributed by atoms with E-state index in [1.165, 1.54) is 4.68 Å². The van der Waals surface area contributed by atoms with Crippen LogP contribution in [0.4, 0.5) is 20.3 Å². The molecule has 1 aromatic carbocycles. The molecule has 0 bridgehead atoms. The third-order valence-electron chi connectivity index (χ3n) is 2.59. The van der Waals surface area contributed by atoms with Gasteiger partial charge in [0.25, 0.3) is 5.91 Å². The van der Waals surface area contributed by atoms with E-state index in [1.54, 1.807) is 20.0 Å². The van der Waals surface area contributed by atoms with E-state index in [0.717, 1.165) is 12.1 Å². The molecular formula is C12H12F2N4O. The molecule has 0 saturated carbocycles. The van der Waals surface area contributed by atoms with Crippen LogP contribution in [-0.4, -0.2) is 15.7 Å². The van der Waals surface area contributed by atoms with Crippen molar-refractivity contribution in [1.82, 2.24) is 9.78 Å². The summed E-state index contributed by atoms with van der Waals surface area (Å²) < 4.78 is 28.6. The first kappa shape index (κ1) is 13.0. The largest absolute Gasteiger partial charge is 0.396 e. The molecule has 2 aromatic rings.